The highest BCUT2D eigenvalue weighted by molar-refractivity contribution is 5.78. The van der Waals surface area contributed by atoms with Gasteiger partial charge in [0, 0.05) is 11.4 Å². The van der Waals surface area contributed by atoms with Gasteiger partial charge in [-0.15, -0.1) is 0 Å². The monoisotopic (exact) mass is 271 g/mol. The lowest BCUT2D eigenvalue weighted by molar-refractivity contribution is 0.138. The minimum absolute atomic E-state index is 0.406. The molecule has 2 atom stereocenters. The minimum Gasteiger partial charge on any atom is -0.312 e. The molecule has 1 aromatic carbocycles. The Balaban J connectivity index is 1.99. The third kappa shape index (κ3) is 2.47. The van der Waals surface area contributed by atoms with E-state index >= 15 is 0 Å². The molecule has 1 aromatic heterocycles. The summed E-state index contributed by atoms with van der Waals surface area (Å²) < 4.78 is 2.25. The van der Waals surface area contributed by atoms with Crippen LogP contribution in [0.4, 0.5) is 0 Å². The van der Waals surface area contributed by atoms with Crippen LogP contribution in [0.25, 0.3) is 10.9 Å². The van der Waals surface area contributed by atoms with Crippen molar-refractivity contribution >= 4 is 10.9 Å². The predicted octanol–water partition coefficient (Wildman–Crippen LogP) is 3.77. The van der Waals surface area contributed by atoms with Crippen molar-refractivity contribution < 1.29 is 0 Å². The Kier molecular flexibility index (Phi) is 3.55. The number of aromatic nitrogens is 2. The van der Waals surface area contributed by atoms with Crippen LogP contribution in [0.5, 0.6) is 0 Å². The summed E-state index contributed by atoms with van der Waals surface area (Å²) in [4.78, 5) is 0. The molecule has 0 saturated heterocycles. The second-order valence-corrected chi connectivity index (χ2v) is 6.79. The Morgan fingerprint density at radius 2 is 2.15 bits per heavy atom. The lowest BCUT2D eigenvalue weighted by Crippen LogP contribution is -2.44. The molecule has 2 aromatic rings. The number of benzene rings is 1. The first-order valence-electron chi connectivity index (χ1n) is 7.76. The minimum atomic E-state index is 0.406. The third-order valence-electron chi connectivity index (χ3n) is 4.64. The molecule has 0 amide bonds. The van der Waals surface area contributed by atoms with Crippen molar-refractivity contribution in [3.05, 3.63) is 30.5 Å². The highest BCUT2D eigenvalue weighted by Crippen LogP contribution is 2.41. The quantitative estimate of drug-likeness (QED) is 0.921. The molecular weight excluding hydrogens is 246 g/mol. The molecule has 1 saturated carbocycles. The van der Waals surface area contributed by atoms with E-state index in [9.17, 15) is 0 Å². The number of hydrogen-bond donors (Lipinski definition) is 1. The Bertz CT molecular complexity index is 585. The molecule has 0 radical (unpaired) electrons. The van der Waals surface area contributed by atoms with Gasteiger partial charge in [-0.05, 0) is 37.3 Å². The summed E-state index contributed by atoms with van der Waals surface area (Å²) in [5.74, 6) is 0. The Morgan fingerprint density at radius 1 is 1.35 bits per heavy atom. The molecule has 0 bridgehead atoms. The lowest BCUT2D eigenvalue weighted by Gasteiger charge is -2.41. The van der Waals surface area contributed by atoms with Crippen molar-refractivity contribution in [2.45, 2.75) is 52.1 Å². The number of hydrogen-bond acceptors (Lipinski definition) is 2. The second-order valence-electron chi connectivity index (χ2n) is 6.79. The molecule has 1 N–H and O–H groups in total. The van der Waals surface area contributed by atoms with Crippen molar-refractivity contribution in [1.29, 1.82) is 0 Å². The summed E-state index contributed by atoms with van der Waals surface area (Å²) >= 11 is 0. The summed E-state index contributed by atoms with van der Waals surface area (Å²) in [5, 5.41) is 9.60. The van der Waals surface area contributed by atoms with Crippen molar-refractivity contribution in [2.24, 2.45) is 5.41 Å². The number of para-hydroxylation sites is 1. The fourth-order valence-corrected chi connectivity index (χ4v) is 3.56. The maximum absolute atomic E-state index is 4.69. The van der Waals surface area contributed by atoms with Crippen LogP contribution < -0.4 is 5.32 Å². The average molecular weight is 271 g/mol. The van der Waals surface area contributed by atoms with E-state index < -0.39 is 0 Å². The molecule has 1 aliphatic rings. The number of nitrogens with one attached hydrogen (secondary N) is 1. The van der Waals surface area contributed by atoms with Crippen LogP contribution in [0.3, 0.4) is 0 Å². The molecule has 3 heteroatoms. The van der Waals surface area contributed by atoms with Gasteiger partial charge in [-0.25, -0.2) is 0 Å². The first kappa shape index (κ1) is 13.6. The highest BCUT2D eigenvalue weighted by Gasteiger charge is 2.36. The Hall–Kier alpha value is -1.35. The molecule has 108 valence electrons. The van der Waals surface area contributed by atoms with E-state index in [-0.39, 0.29) is 0 Å². The highest BCUT2D eigenvalue weighted by atomic mass is 15.3. The molecule has 0 aliphatic heterocycles. The van der Waals surface area contributed by atoms with E-state index in [0.29, 0.717) is 17.5 Å². The molecule has 1 aliphatic carbocycles. The average Bonchev–Trinajstić information content (AvgIpc) is 2.84. The standard InChI is InChI=1S/C17H25N3/c1-4-18-14-9-10-17(2,3)11-16(14)20-15-8-6-5-7-13(15)12-19-20/h5-8,12,14,16,18H,4,9-11H2,1-3H3. The normalized spacial score (nSPS) is 25.9. The zero-order valence-electron chi connectivity index (χ0n) is 12.8. The smallest absolute Gasteiger partial charge is 0.0686 e. The van der Waals surface area contributed by atoms with E-state index in [4.69, 9.17) is 5.10 Å². The Labute approximate surface area is 121 Å². The lowest BCUT2D eigenvalue weighted by atomic mass is 9.73. The van der Waals surface area contributed by atoms with E-state index in [1.54, 1.807) is 0 Å². The van der Waals surface area contributed by atoms with Crippen molar-refractivity contribution in [2.75, 3.05) is 6.54 Å². The van der Waals surface area contributed by atoms with Gasteiger partial charge in [0.25, 0.3) is 0 Å². The topological polar surface area (TPSA) is 29.9 Å². The SMILES string of the molecule is CCNC1CCC(C)(C)CC1n1ncc2ccccc21. The number of likely N-dealkylation sites (N-methyl/N-ethyl adjacent to an activating group) is 1. The van der Waals surface area contributed by atoms with Gasteiger partial charge in [-0.1, -0.05) is 39.0 Å². The summed E-state index contributed by atoms with van der Waals surface area (Å²) in [5.41, 5.74) is 1.67. The maximum atomic E-state index is 4.69. The van der Waals surface area contributed by atoms with Gasteiger partial charge in [0.1, 0.15) is 0 Å². The van der Waals surface area contributed by atoms with Crippen LogP contribution in [0.2, 0.25) is 0 Å². The van der Waals surface area contributed by atoms with Crippen molar-refractivity contribution in [3.63, 3.8) is 0 Å². The van der Waals surface area contributed by atoms with Gasteiger partial charge in [0.15, 0.2) is 0 Å². The van der Waals surface area contributed by atoms with Gasteiger partial charge in [-0.3, -0.25) is 4.68 Å². The van der Waals surface area contributed by atoms with Gasteiger partial charge < -0.3 is 5.32 Å². The number of fused-ring (bicyclic) bond motifs is 1. The molecule has 3 rings (SSSR count). The van der Waals surface area contributed by atoms with Gasteiger partial charge in [0.2, 0.25) is 0 Å². The first-order valence-corrected chi connectivity index (χ1v) is 7.76. The van der Waals surface area contributed by atoms with Crippen molar-refractivity contribution in [1.82, 2.24) is 15.1 Å². The van der Waals surface area contributed by atoms with Gasteiger partial charge in [-0.2, -0.15) is 5.10 Å². The van der Waals surface area contributed by atoms with E-state index in [1.165, 1.54) is 30.2 Å². The summed E-state index contributed by atoms with van der Waals surface area (Å²) in [6.45, 7) is 7.99. The summed E-state index contributed by atoms with van der Waals surface area (Å²) in [7, 11) is 0. The van der Waals surface area contributed by atoms with Crippen molar-refractivity contribution in [3.8, 4) is 0 Å². The molecular formula is C17H25N3. The molecule has 2 unspecified atom stereocenters. The van der Waals surface area contributed by atoms with Crippen LogP contribution in [0.15, 0.2) is 30.5 Å². The third-order valence-corrected chi connectivity index (χ3v) is 4.64. The molecule has 0 spiro atoms. The fraction of sp³-hybridized carbons (Fsp3) is 0.588. The maximum Gasteiger partial charge on any atom is 0.0686 e. The van der Waals surface area contributed by atoms with Gasteiger partial charge >= 0.3 is 0 Å². The van der Waals surface area contributed by atoms with Crippen LogP contribution in [-0.4, -0.2) is 22.4 Å². The van der Waals surface area contributed by atoms with Crippen LogP contribution in [0, 0.1) is 5.41 Å². The summed E-state index contributed by atoms with van der Waals surface area (Å²) in [6, 6.07) is 9.52. The first-order chi connectivity index (χ1) is 9.61. The molecule has 1 heterocycles. The van der Waals surface area contributed by atoms with E-state index in [2.05, 4.69) is 55.0 Å². The van der Waals surface area contributed by atoms with E-state index in [0.717, 1.165) is 6.54 Å². The number of nitrogens with zero attached hydrogens (tertiary/aromatic N) is 2. The molecule has 1 fully saturated rings. The number of rotatable bonds is 3. The zero-order chi connectivity index (χ0) is 14.2. The van der Waals surface area contributed by atoms with E-state index in [1.807, 2.05) is 6.20 Å². The molecule has 3 nitrogen and oxygen atoms in total. The predicted molar refractivity (Wildman–Crippen MR) is 83.9 cm³/mol. The van der Waals surface area contributed by atoms with Crippen LogP contribution in [0.1, 0.15) is 46.1 Å². The summed E-state index contributed by atoms with van der Waals surface area (Å²) in [6.07, 6.45) is 5.72. The zero-order valence-corrected chi connectivity index (χ0v) is 12.8. The van der Waals surface area contributed by atoms with Crippen LogP contribution in [-0.2, 0) is 0 Å². The second kappa shape index (κ2) is 5.21. The fourth-order valence-electron chi connectivity index (χ4n) is 3.56. The Morgan fingerprint density at radius 3 is 2.95 bits per heavy atom. The molecule has 20 heavy (non-hydrogen) atoms. The largest absolute Gasteiger partial charge is 0.312 e. The van der Waals surface area contributed by atoms with Crippen LogP contribution >= 0.6 is 0 Å². The van der Waals surface area contributed by atoms with Gasteiger partial charge in [0.05, 0.1) is 17.8 Å².